The molecule has 1 aliphatic heterocycles. The molecule has 4 rings (SSSR count). The summed E-state index contributed by atoms with van der Waals surface area (Å²) in [6.07, 6.45) is 1.33. The Hall–Kier alpha value is -3.59. The molecule has 0 radical (unpaired) electrons. The average Bonchev–Trinajstić information content (AvgIpc) is 3.23. The Morgan fingerprint density at radius 2 is 2.10 bits per heavy atom. The standard InChI is InChI=1S/C21H19ClN4O5/c1-2-28-20(27)11-31-24-10-19-25-16-5-4-14(22)8-15(16)21(26-19)23-9-13-3-6-17-18(7-13)30-12-29-17/h3-8,10H,2,9,11-12H2,1H3,(H,23,25,26). The molecule has 0 amide bonds. The molecule has 0 bridgehead atoms. The van der Waals surface area contributed by atoms with E-state index in [0.717, 1.165) is 16.7 Å². The van der Waals surface area contributed by atoms with Crippen LogP contribution >= 0.6 is 11.6 Å². The Bertz CT molecular complexity index is 1140. The fraction of sp³-hybridized carbons (Fsp3) is 0.238. The molecule has 0 saturated heterocycles. The normalized spacial score (nSPS) is 12.3. The zero-order valence-corrected chi connectivity index (χ0v) is 17.4. The lowest BCUT2D eigenvalue weighted by molar-refractivity contribution is -0.148. The van der Waals surface area contributed by atoms with Gasteiger partial charge in [0.05, 0.1) is 12.1 Å². The number of nitrogens with one attached hydrogen (secondary N) is 1. The van der Waals surface area contributed by atoms with Crippen LogP contribution in [0.3, 0.4) is 0 Å². The molecule has 0 fully saturated rings. The number of anilines is 1. The second-order valence-electron chi connectivity index (χ2n) is 6.45. The third kappa shape index (κ3) is 5.13. The predicted molar refractivity (Wildman–Crippen MR) is 115 cm³/mol. The van der Waals surface area contributed by atoms with Crippen molar-refractivity contribution in [2.75, 3.05) is 25.3 Å². The van der Waals surface area contributed by atoms with Crippen molar-refractivity contribution in [3.05, 3.63) is 52.8 Å². The van der Waals surface area contributed by atoms with E-state index in [4.69, 9.17) is 30.6 Å². The number of oxime groups is 1. The number of aromatic nitrogens is 2. The predicted octanol–water partition coefficient (Wildman–Crippen LogP) is 3.54. The van der Waals surface area contributed by atoms with Crippen LogP contribution in [0.15, 0.2) is 41.6 Å². The Morgan fingerprint density at radius 1 is 1.23 bits per heavy atom. The minimum atomic E-state index is -0.500. The quantitative estimate of drug-likeness (QED) is 0.321. The highest BCUT2D eigenvalue weighted by molar-refractivity contribution is 6.31. The number of benzene rings is 2. The Balaban J connectivity index is 1.53. The van der Waals surface area contributed by atoms with Gasteiger partial charge in [-0.15, -0.1) is 0 Å². The second-order valence-corrected chi connectivity index (χ2v) is 6.88. The van der Waals surface area contributed by atoms with Gasteiger partial charge in [0.15, 0.2) is 17.3 Å². The maximum absolute atomic E-state index is 11.3. The van der Waals surface area contributed by atoms with E-state index in [1.165, 1.54) is 6.21 Å². The summed E-state index contributed by atoms with van der Waals surface area (Å²) in [6.45, 7) is 2.42. The molecule has 9 nitrogen and oxygen atoms in total. The van der Waals surface area contributed by atoms with E-state index >= 15 is 0 Å². The van der Waals surface area contributed by atoms with Crippen LogP contribution in [0, 0.1) is 0 Å². The van der Waals surface area contributed by atoms with Crippen LogP contribution in [-0.4, -0.2) is 42.2 Å². The van der Waals surface area contributed by atoms with E-state index in [2.05, 4.69) is 20.4 Å². The van der Waals surface area contributed by atoms with Gasteiger partial charge in [0.2, 0.25) is 13.4 Å². The molecular weight excluding hydrogens is 424 g/mol. The number of esters is 1. The van der Waals surface area contributed by atoms with Crippen LogP contribution in [0.5, 0.6) is 11.5 Å². The van der Waals surface area contributed by atoms with Gasteiger partial charge >= 0.3 is 5.97 Å². The summed E-state index contributed by atoms with van der Waals surface area (Å²) in [5, 5.41) is 8.39. The molecule has 3 aromatic rings. The summed E-state index contributed by atoms with van der Waals surface area (Å²) in [5.41, 5.74) is 1.67. The molecule has 10 heteroatoms. The second kappa shape index (κ2) is 9.48. The molecule has 160 valence electrons. The number of ether oxygens (including phenoxy) is 3. The first-order valence-electron chi connectivity index (χ1n) is 9.53. The van der Waals surface area contributed by atoms with Crippen LogP contribution in [0.1, 0.15) is 18.3 Å². The van der Waals surface area contributed by atoms with Crippen molar-refractivity contribution in [3.8, 4) is 11.5 Å². The summed E-state index contributed by atoms with van der Waals surface area (Å²) >= 11 is 6.17. The van der Waals surface area contributed by atoms with Crippen LogP contribution in [0.4, 0.5) is 5.82 Å². The highest BCUT2D eigenvalue weighted by atomic mass is 35.5. The molecule has 1 aliphatic rings. The third-order valence-electron chi connectivity index (χ3n) is 4.30. The van der Waals surface area contributed by atoms with E-state index in [1.807, 2.05) is 18.2 Å². The number of carbonyl (C=O) groups excluding carboxylic acids is 1. The van der Waals surface area contributed by atoms with Gasteiger partial charge in [-0.1, -0.05) is 22.8 Å². The molecule has 0 aliphatic carbocycles. The van der Waals surface area contributed by atoms with Crippen molar-refractivity contribution in [2.24, 2.45) is 5.16 Å². The largest absolute Gasteiger partial charge is 0.463 e. The minimum absolute atomic E-state index is 0.224. The maximum Gasteiger partial charge on any atom is 0.347 e. The molecule has 0 atom stereocenters. The summed E-state index contributed by atoms with van der Waals surface area (Å²) in [4.78, 5) is 25.2. The number of fused-ring (bicyclic) bond motifs is 2. The van der Waals surface area contributed by atoms with Crippen LogP contribution in [0.2, 0.25) is 5.02 Å². The van der Waals surface area contributed by atoms with E-state index in [9.17, 15) is 4.79 Å². The molecule has 2 heterocycles. The minimum Gasteiger partial charge on any atom is -0.463 e. The summed E-state index contributed by atoms with van der Waals surface area (Å²) < 4.78 is 15.5. The van der Waals surface area contributed by atoms with Crippen molar-refractivity contribution in [1.29, 1.82) is 0 Å². The third-order valence-corrected chi connectivity index (χ3v) is 4.54. The van der Waals surface area contributed by atoms with E-state index in [-0.39, 0.29) is 20.0 Å². The maximum atomic E-state index is 11.3. The lowest BCUT2D eigenvalue weighted by atomic mass is 10.2. The van der Waals surface area contributed by atoms with Crippen LogP contribution < -0.4 is 14.8 Å². The average molecular weight is 443 g/mol. The number of rotatable bonds is 8. The lowest BCUT2D eigenvalue weighted by Crippen LogP contribution is -2.10. The fourth-order valence-corrected chi connectivity index (χ4v) is 3.10. The SMILES string of the molecule is CCOC(=O)CON=Cc1nc(NCc2ccc3c(c2)OCO3)c2cc(Cl)ccc2n1. The van der Waals surface area contributed by atoms with Gasteiger partial charge < -0.3 is 24.4 Å². The van der Waals surface area contributed by atoms with Gasteiger partial charge in [-0.05, 0) is 42.8 Å². The van der Waals surface area contributed by atoms with Gasteiger partial charge in [0.1, 0.15) is 12.0 Å². The van der Waals surface area contributed by atoms with Gasteiger partial charge in [0.25, 0.3) is 0 Å². The Kier molecular flexibility index (Phi) is 6.32. The Labute approximate surface area is 182 Å². The monoisotopic (exact) mass is 442 g/mol. The molecular formula is C21H19ClN4O5. The van der Waals surface area contributed by atoms with Gasteiger partial charge in [-0.3, -0.25) is 0 Å². The highest BCUT2D eigenvalue weighted by Gasteiger charge is 2.14. The number of hydrogen-bond donors (Lipinski definition) is 1. The molecule has 0 unspecified atom stereocenters. The first kappa shape index (κ1) is 20.7. The number of halogens is 1. The van der Waals surface area contributed by atoms with Gasteiger partial charge in [-0.25, -0.2) is 14.8 Å². The number of nitrogens with zero attached hydrogens (tertiary/aromatic N) is 3. The van der Waals surface area contributed by atoms with Gasteiger partial charge in [-0.2, -0.15) is 0 Å². The molecule has 0 spiro atoms. The van der Waals surface area contributed by atoms with Crippen LogP contribution in [0.25, 0.3) is 10.9 Å². The van der Waals surface area contributed by atoms with Crippen molar-refractivity contribution in [3.63, 3.8) is 0 Å². The first-order chi connectivity index (χ1) is 15.1. The van der Waals surface area contributed by atoms with Crippen molar-refractivity contribution in [2.45, 2.75) is 13.5 Å². The van der Waals surface area contributed by atoms with Gasteiger partial charge in [0, 0.05) is 17.0 Å². The molecule has 1 N–H and O–H groups in total. The summed E-state index contributed by atoms with van der Waals surface area (Å²) in [5.74, 6) is 1.83. The topological polar surface area (TPSA) is 104 Å². The molecule has 0 saturated carbocycles. The number of carbonyl (C=O) groups is 1. The van der Waals surface area contributed by atoms with E-state index < -0.39 is 5.97 Å². The Morgan fingerprint density at radius 3 is 2.97 bits per heavy atom. The summed E-state index contributed by atoms with van der Waals surface area (Å²) in [7, 11) is 0. The highest BCUT2D eigenvalue weighted by Crippen LogP contribution is 2.33. The van der Waals surface area contributed by atoms with E-state index in [1.54, 1.807) is 25.1 Å². The molecule has 2 aromatic carbocycles. The van der Waals surface area contributed by atoms with Crippen molar-refractivity contribution < 1.29 is 23.8 Å². The zero-order valence-electron chi connectivity index (χ0n) is 16.6. The lowest BCUT2D eigenvalue weighted by Gasteiger charge is -2.10. The van der Waals surface area contributed by atoms with Crippen LogP contribution in [-0.2, 0) is 20.9 Å². The summed E-state index contributed by atoms with van der Waals surface area (Å²) in [6, 6.07) is 11.1. The first-order valence-corrected chi connectivity index (χ1v) is 9.91. The molecule has 31 heavy (non-hydrogen) atoms. The molecule has 1 aromatic heterocycles. The number of hydrogen-bond acceptors (Lipinski definition) is 9. The van der Waals surface area contributed by atoms with Crippen molar-refractivity contribution >= 4 is 40.5 Å². The fourth-order valence-electron chi connectivity index (χ4n) is 2.92. The van der Waals surface area contributed by atoms with E-state index in [0.29, 0.717) is 34.5 Å². The zero-order chi connectivity index (χ0) is 21.6. The van der Waals surface area contributed by atoms with Crippen molar-refractivity contribution in [1.82, 2.24) is 9.97 Å². The smallest absolute Gasteiger partial charge is 0.347 e.